The summed E-state index contributed by atoms with van der Waals surface area (Å²) in [6.45, 7) is 8.39. The van der Waals surface area contributed by atoms with Crippen LogP contribution in [-0.4, -0.2) is 42.0 Å². The third-order valence-corrected chi connectivity index (χ3v) is 7.62. The van der Waals surface area contributed by atoms with Gasteiger partial charge in [-0.15, -0.1) is 0 Å². The molecule has 1 aliphatic heterocycles. The molecular weight excluding hydrogens is 322 g/mol. The number of rotatable bonds is 2. The van der Waals surface area contributed by atoms with Crippen LogP contribution in [0.2, 0.25) is 0 Å². The van der Waals surface area contributed by atoms with Gasteiger partial charge in [-0.3, -0.25) is 4.79 Å². The number of carbonyl (C=O) groups is 1. The lowest BCUT2D eigenvalue weighted by atomic mass is 9.40. The van der Waals surface area contributed by atoms with E-state index in [9.17, 15) is 4.79 Å². The Kier molecular flexibility index (Phi) is 3.48. The fourth-order valence-corrected chi connectivity index (χ4v) is 7.70. The molecule has 4 bridgehead atoms. The lowest BCUT2D eigenvalue weighted by Gasteiger charge is -2.65. The average molecular weight is 354 g/mol. The molecule has 2 heterocycles. The maximum atomic E-state index is 13.7. The molecule has 0 spiro atoms. The summed E-state index contributed by atoms with van der Waals surface area (Å²) in [6, 6.07) is 6.06. The highest BCUT2D eigenvalue weighted by atomic mass is 16.2. The van der Waals surface area contributed by atoms with Gasteiger partial charge in [0.2, 0.25) is 5.91 Å². The van der Waals surface area contributed by atoms with Crippen molar-refractivity contribution in [2.45, 2.75) is 52.4 Å². The van der Waals surface area contributed by atoms with Gasteiger partial charge < -0.3 is 9.80 Å². The number of nitrogens with zero attached hydrogens (tertiary/aromatic N) is 3. The van der Waals surface area contributed by atoms with Crippen molar-refractivity contribution in [3.05, 3.63) is 24.4 Å². The van der Waals surface area contributed by atoms with Crippen LogP contribution in [0.5, 0.6) is 0 Å². The average Bonchev–Trinajstić information content (AvgIpc) is 2.59. The molecule has 26 heavy (non-hydrogen) atoms. The summed E-state index contributed by atoms with van der Waals surface area (Å²) >= 11 is 0. The summed E-state index contributed by atoms with van der Waals surface area (Å²) in [5.41, 5.74) is 0.745. The molecule has 0 unspecified atom stereocenters. The van der Waals surface area contributed by atoms with E-state index in [0.29, 0.717) is 16.7 Å². The van der Waals surface area contributed by atoms with Crippen LogP contribution < -0.4 is 4.90 Å². The van der Waals surface area contributed by atoms with Gasteiger partial charge in [0.05, 0.1) is 5.41 Å². The number of hydrogen-bond acceptors (Lipinski definition) is 3. The van der Waals surface area contributed by atoms with E-state index in [2.05, 4.69) is 34.7 Å². The molecule has 5 fully saturated rings. The summed E-state index contributed by atoms with van der Waals surface area (Å²) in [5, 5.41) is 0. The predicted octanol–water partition coefficient (Wildman–Crippen LogP) is 3.73. The Morgan fingerprint density at radius 3 is 2.27 bits per heavy atom. The van der Waals surface area contributed by atoms with Crippen molar-refractivity contribution in [2.75, 3.05) is 31.1 Å². The van der Waals surface area contributed by atoms with Crippen LogP contribution in [0, 0.1) is 22.2 Å². The van der Waals surface area contributed by atoms with Crippen molar-refractivity contribution in [2.24, 2.45) is 22.2 Å². The van der Waals surface area contributed by atoms with E-state index >= 15 is 0 Å². The molecule has 0 N–H and O–H groups in total. The van der Waals surface area contributed by atoms with Crippen molar-refractivity contribution in [1.82, 2.24) is 9.88 Å². The summed E-state index contributed by atoms with van der Waals surface area (Å²) in [7, 11) is 0. The van der Waals surface area contributed by atoms with Gasteiger partial charge in [-0.25, -0.2) is 4.98 Å². The number of pyridine rings is 1. The Hall–Kier alpha value is -1.58. The molecule has 1 aromatic heterocycles. The van der Waals surface area contributed by atoms with Gasteiger partial charge >= 0.3 is 0 Å². The molecule has 0 radical (unpaired) electrons. The molecule has 1 saturated heterocycles. The second-order valence-electron chi connectivity index (χ2n) is 10.4. The second kappa shape index (κ2) is 5.46. The predicted molar refractivity (Wildman–Crippen MR) is 103 cm³/mol. The molecule has 0 aromatic carbocycles. The van der Waals surface area contributed by atoms with Gasteiger partial charge in [0.15, 0.2) is 0 Å². The smallest absolute Gasteiger partial charge is 0.228 e. The molecule has 140 valence electrons. The van der Waals surface area contributed by atoms with Gasteiger partial charge in [0.1, 0.15) is 5.82 Å². The van der Waals surface area contributed by atoms with E-state index in [1.165, 1.54) is 19.3 Å². The number of amides is 1. The first-order valence-corrected chi connectivity index (χ1v) is 10.3. The fraction of sp³-hybridized carbons (Fsp3) is 0.727. The first-order chi connectivity index (χ1) is 12.4. The largest absolute Gasteiger partial charge is 0.353 e. The van der Waals surface area contributed by atoms with Gasteiger partial charge in [-0.05, 0) is 67.4 Å². The van der Waals surface area contributed by atoms with E-state index in [0.717, 1.165) is 57.2 Å². The zero-order valence-electron chi connectivity index (χ0n) is 16.2. The van der Waals surface area contributed by atoms with Crippen molar-refractivity contribution in [3.63, 3.8) is 0 Å². The Labute approximate surface area is 157 Å². The lowest BCUT2D eigenvalue weighted by Crippen LogP contribution is -2.62. The maximum absolute atomic E-state index is 13.7. The van der Waals surface area contributed by atoms with Gasteiger partial charge in [0.25, 0.3) is 0 Å². The molecule has 5 aliphatic rings. The normalized spacial score (nSPS) is 41.5. The Balaban J connectivity index is 1.32. The highest BCUT2D eigenvalue weighted by molar-refractivity contribution is 5.84. The standard InChI is InChI=1S/C22H31N3O/c1-20-11-17-12-21(2,14-20)16-22(13-17,15-20)19(26)25-9-7-24(8-10-25)18-5-3-4-6-23-18/h3-6,17H,7-16H2,1-2H3/t17?,20-,21-,22?/m1/s1. The third kappa shape index (κ3) is 2.56. The minimum absolute atomic E-state index is 0.0594. The Bertz CT molecular complexity index is 691. The molecular formula is C22H31N3O. The van der Waals surface area contributed by atoms with E-state index in [-0.39, 0.29) is 5.41 Å². The Morgan fingerprint density at radius 1 is 1.00 bits per heavy atom. The highest BCUT2D eigenvalue weighted by Crippen LogP contribution is 2.69. The first-order valence-electron chi connectivity index (χ1n) is 10.3. The van der Waals surface area contributed by atoms with Crippen molar-refractivity contribution < 1.29 is 4.79 Å². The molecule has 2 atom stereocenters. The lowest BCUT2D eigenvalue weighted by molar-refractivity contribution is -0.179. The summed E-state index contributed by atoms with van der Waals surface area (Å²) in [6.07, 6.45) is 9.30. The topological polar surface area (TPSA) is 36.4 Å². The summed E-state index contributed by atoms with van der Waals surface area (Å²) < 4.78 is 0. The Morgan fingerprint density at radius 2 is 1.69 bits per heavy atom. The van der Waals surface area contributed by atoms with Crippen molar-refractivity contribution in [3.8, 4) is 0 Å². The third-order valence-electron chi connectivity index (χ3n) is 7.62. The quantitative estimate of drug-likeness (QED) is 0.813. The van der Waals surface area contributed by atoms with Crippen LogP contribution >= 0.6 is 0 Å². The first kappa shape index (κ1) is 16.6. The molecule has 6 rings (SSSR count). The van der Waals surface area contributed by atoms with Crippen LogP contribution in [0.15, 0.2) is 24.4 Å². The molecule has 4 nitrogen and oxygen atoms in total. The SMILES string of the molecule is C[C@]12CC3CC(C(=O)N4CCN(c5ccccn5)CC4)(C1)C[C@](C)(C3)C2. The van der Waals surface area contributed by atoms with Crippen LogP contribution in [0.3, 0.4) is 0 Å². The molecule has 4 aliphatic carbocycles. The van der Waals surface area contributed by atoms with Gasteiger partial charge in [-0.1, -0.05) is 19.9 Å². The number of hydrogen-bond donors (Lipinski definition) is 0. The van der Waals surface area contributed by atoms with Gasteiger partial charge in [-0.2, -0.15) is 0 Å². The molecule has 1 aromatic rings. The number of anilines is 1. The van der Waals surface area contributed by atoms with Crippen LogP contribution in [0.1, 0.15) is 52.4 Å². The molecule has 4 heteroatoms. The van der Waals surface area contributed by atoms with Crippen LogP contribution in [-0.2, 0) is 4.79 Å². The monoisotopic (exact) mass is 353 g/mol. The maximum Gasteiger partial charge on any atom is 0.228 e. The van der Waals surface area contributed by atoms with Crippen LogP contribution in [0.4, 0.5) is 5.82 Å². The van der Waals surface area contributed by atoms with E-state index < -0.39 is 0 Å². The highest BCUT2D eigenvalue weighted by Gasteiger charge is 2.63. The molecule has 4 saturated carbocycles. The second-order valence-corrected chi connectivity index (χ2v) is 10.4. The summed E-state index contributed by atoms with van der Waals surface area (Å²) in [5.74, 6) is 2.29. The number of piperazine rings is 1. The number of aromatic nitrogens is 1. The van der Waals surface area contributed by atoms with Crippen molar-refractivity contribution in [1.29, 1.82) is 0 Å². The van der Waals surface area contributed by atoms with Crippen LogP contribution in [0.25, 0.3) is 0 Å². The fourth-order valence-electron chi connectivity index (χ4n) is 7.70. The van der Waals surface area contributed by atoms with E-state index in [4.69, 9.17) is 0 Å². The van der Waals surface area contributed by atoms with E-state index in [1.807, 2.05) is 18.3 Å². The zero-order valence-corrected chi connectivity index (χ0v) is 16.2. The molecule has 1 amide bonds. The summed E-state index contributed by atoms with van der Waals surface area (Å²) in [4.78, 5) is 22.6. The number of carbonyl (C=O) groups excluding carboxylic acids is 1. The van der Waals surface area contributed by atoms with E-state index in [1.54, 1.807) is 0 Å². The van der Waals surface area contributed by atoms with Gasteiger partial charge in [0, 0.05) is 32.4 Å². The minimum atomic E-state index is -0.0594. The minimum Gasteiger partial charge on any atom is -0.353 e. The zero-order chi connectivity index (χ0) is 18.0. The van der Waals surface area contributed by atoms with Crippen molar-refractivity contribution >= 4 is 11.7 Å².